The molecular weight excluding hydrogens is 374 g/mol. The van der Waals surface area contributed by atoms with Gasteiger partial charge in [0.2, 0.25) is 10.0 Å². The van der Waals surface area contributed by atoms with E-state index in [1.165, 1.54) is 12.1 Å². The highest BCUT2D eigenvalue weighted by Crippen LogP contribution is 2.44. The molecule has 1 aliphatic carbocycles. The molecule has 1 aromatic carbocycles. The Kier molecular flexibility index (Phi) is 7.68. The lowest BCUT2D eigenvalue weighted by atomic mass is 9.79. The average molecular weight is 400 g/mol. The van der Waals surface area contributed by atoms with Gasteiger partial charge < -0.3 is 5.11 Å². The minimum Gasteiger partial charge on any atom is -0.481 e. The van der Waals surface area contributed by atoms with Gasteiger partial charge in [-0.25, -0.2) is 13.1 Å². The first kappa shape index (κ1) is 20.9. The largest absolute Gasteiger partial charge is 0.481 e. The third kappa shape index (κ3) is 6.41. The summed E-state index contributed by atoms with van der Waals surface area (Å²) in [7, 11) is -3.53. The lowest BCUT2D eigenvalue weighted by Gasteiger charge is -2.28. The zero-order valence-electron chi connectivity index (χ0n) is 14.8. The van der Waals surface area contributed by atoms with Crippen molar-refractivity contribution in [3.63, 3.8) is 0 Å². The lowest BCUT2D eigenvalue weighted by molar-refractivity contribution is -0.136. The van der Waals surface area contributed by atoms with Crippen molar-refractivity contribution in [2.45, 2.75) is 56.3 Å². The van der Waals surface area contributed by atoms with Crippen LogP contribution in [0.25, 0.3) is 0 Å². The van der Waals surface area contributed by atoms with Crippen LogP contribution >= 0.6 is 11.6 Å². The molecule has 0 amide bonds. The van der Waals surface area contributed by atoms with Crippen molar-refractivity contribution in [2.75, 3.05) is 6.54 Å². The van der Waals surface area contributed by atoms with Gasteiger partial charge in [0.25, 0.3) is 0 Å². The minimum atomic E-state index is -3.53. The van der Waals surface area contributed by atoms with E-state index in [-0.39, 0.29) is 16.7 Å². The summed E-state index contributed by atoms with van der Waals surface area (Å²) in [6.07, 6.45) is 10.8. The van der Waals surface area contributed by atoms with Crippen molar-refractivity contribution in [2.24, 2.45) is 5.41 Å². The minimum absolute atomic E-state index is 0.113. The average Bonchev–Trinajstić information content (AvgIpc) is 3.03. The molecule has 2 rings (SSSR count). The highest BCUT2D eigenvalue weighted by atomic mass is 35.5. The Balaban J connectivity index is 1.87. The summed E-state index contributed by atoms with van der Waals surface area (Å²) in [6, 6.07) is 6.13. The molecule has 0 saturated heterocycles. The number of carboxylic acid groups (broad SMARTS) is 1. The van der Waals surface area contributed by atoms with Crippen LogP contribution in [0.15, 0.2) is 41.3 Å². The van der Waals surface area contributed by atoms with Gasteiger partial charge in [0.1, 0.15) is 0 Å². The maximum Gasteiger partial charge on any atom is 0.303 e. The molecule has 0 aliphatic heterocycles. The highest BCUT2D eigenvalue weighted by Gasteiger charge is 2.32. The van der Waals surface area contributed by atoms with Crippen LogP contribution in [0.5, 0.6) is 0 Å². The van der Waals surface area contributed by atoms with E-state index in [2.05, 4.69) is 10.8 Å². The monoisotopic (exact) mass is 399 g/mol. The number of halogens is 1. The van der Waals surface area contributed by atoms with Crippen molar-refractivity contribution in [3.8, 4) is 0 Å². The van der Waals surface area contributed by atoms with Crippen LogP contribution in [-0.4, -0.2) is 26.0 Å². The molecule has 7 heteroatoms. The number of carbonyl (C=O) groups is 1. The Morgan fingerprint density at radius 2 is 1.85 bits per heavy atom. The molecular formula is C19H26ClNO4S. The summed E-state index contributed by atoms with van der Waals surface area (Å²) in [5.41, 5.74) is 0.113. The van der Waals surface area contributed by atoms with Gasteiger partial charge in [0.05, 0.1) is 4.90 Å². The second kappa shape index (κ2) is 9.53. The number of hydrogen-bond acceptors (Lipinski definition) is 3. The van der Waals surface area contributed by atoms with Crippen molar-refractivity contribution < 1.29 is 18.3 Å². The Morgan fingerprint density at radius 1 is 1.19 bits per heavy atom. The van der Waals surface area contributed by atoms with E-state index < -0.39 is 16.0 Å². The number of allylic oxidation sites excluding steroid dienone is 2. The van der Waals surface area contributed by atoms with Gasteiger partial charge in [-0.1, -0.05) is 36.6 Å². The molecule has 0 radical (unpaired) electrons. The van der Waals surface area contributed by atoms with E-state index in [0.29, 0.717) is 18.0 Å². The molecule has 1 aromatic rings. The topological polar surface area (TPSA) is 83.5 Å². The van der Waals surface area contributed by atoms with E-state index in [9.17, 15) is 13.2 Å². The number of rotatable bonds is 10. The van der Waals surface area contributed by atoms with Crippen molar-refractivity contribution >= 4 is 27.6 Å². The van der Waals surface area contributed by atoms with Crippen LogP contribution < -0.4 is 4.72 Å². The van der Waals surface area contributed by atoms with Crippen LogP contribution in [0.3, 0.4) is 0 Å². The van der Waals surface area contributed by atoms with E-state index in [1.807, 2.05) is 6.08 Å². The van der Waals surface area contributed by atoms with Crippen molar-refractivity contribution in [1.29, 1.82) is 0 Å². The quantitative estimate of drug-likeness (QED) is 0.572. The van der Waals surface area contributed by atoms with Gasteiger partial charge in [-0.3, -0.25) is 4.79 Å². The molecule has 2 N–H and O–H groups in total. The second-order valence-electron chi connectivity index (χ2n) is 6.92. The lowest BCUT2D eigenvalue weighted by Crippen LogP contribution is -2.29. The Labute approximate surface area is 160 Å². The summed E-state index contributed by atoms with van der Waals surface area (Å²) in [5, 5.41) is 9.17. The molecule has 0 spiro atoms. The molecule has 0 aromatic heterocycles. The predicted octanol–water partition coefficient (Wildman–Crippen LogP) is 4.38. The predicted molar refractivity (Wildman–Crippen MR) is 103 cm³/mol. The summed E-state index contributed by atoms with van der Waals surface area (Å²) in [5.74, 6) is -0.790. The van der Waals surface area contributed by atoms with Gasteiger partial charge >= 0.3 is 5.97 Å². The molecule has 0 bridgehead atoms. The fourth-order valence-corrected chi connectivity index (χ4v) is 4.64. The molecule has 0 unspecified atom stereocenters. The summed E-state index contributed by atoms with van der Waals surface area (Å²) >= 11 is 5.80. The molecule has 5 nitrogen and oxygen atoms in total. The molecule has 26 heavy (non-hydrogen) atoms. The zero-order valence-corrected chi connectivity index (χ0v) is 16.4. The first-order valence-corrected chi connectivity index (χ1v) is 10.8. The van der Waals surface area contributed by atoms with Crippen LogP contribution in [-0.2, 0) is 14.8 Å². The van der Waals surface area contributed by atoms with E-state index >= 15 is 0 Å². The van der Waals surface area contributed by atoms with Gasteiger partial charge in [0, 0.05) is 18.0 Å². The number of carboxylic acids is 1. The maximum absolute atomic E-state index is 12.4. The molecule has 0 atom stereocenters. The van der Waals surface area contributed by atoms with E-state index in [1.54, 1.807) is 12.1 Å². The van der Waals surface area contributed by atoms with Gasteiger partial charge in [-0.15, -0.1) is 0 Å². The maximum atomic E-state index is 12.4. The van der Waals surface area contributed by atoms with Crippen molar-refractivity contribution in [1.82, 2.24) is 4.72 Å². The van der Waals surface area contributed by atoms with Crippen LogP contribution in [0.1, 0.15) is 51.4 Å². The Hall–Kier alpha value is -1.37. The number of benzene rings is 1. The summed E-state index contributed by atoms with van der Waals surface area (Å²) in [6.45, 7) is 0.397. The number of aliphatic carboxylic acids is 1. The Bertz CT molecular complexity index is 722. The van der Waals surface area contributed by atoms with E-state index in [4.69, 9.17) is 16.7 Å². The van der Waals surface area contributed by atoms with Crippen LogP contribution in [0.4, 0.5) is 0 Å². The first-order valence-electron chi connectivity index (χ1n) is 8.95. The SMILES string of the molecule is O=C(O)CCC=CCC1(CCNS(=O)(=O)c2ccc(Cl)cc2)CCCC1. The molecule has 1 fully saturated rings. The van der Waals surface area contributed by atoms with Gasteiger partial charge in [0.15, 0.2) is 0 Å². The summed E-state index contributed by atoms with van der Waals surface area (Å²) < 4.78 is 27.4. The molecule has 0 heterocycles. The first-order chi connectivity index (χ1) is 12.3. The second-order valence-corrected chi connectivity index (χ2v) is 9.12. The fourth-order valence-electron chi connectivity index (χ4n) is 3.49. The number of hydrogen-bond donors (Lipinski definition) is 2. The smallest absolute Gasteiger partial charge is 0.303 e. The summed E-state index contributed by atoms with van der Waals surface area (Å²) in [4.78, 5) is 10.8. The zero-order chi connectivity index (χ0) is 19.0. The van der Waals surface area contributed by atoms with Crippen LogP contribution in [0.2, 0.25) is 5.02 Å². The van der Waals surface area contributed by atoms with Crippen molar-refractivity contribution in [3.05, 3.63) is 41.4 Å². The Morgan fingerprint density at radius 3 is 2.46 bits per heavy atom. The van der Waals surface area contributed by atoms with E-state index in [0.717, 1.165) is 38.5 Å². The molecule has 1 aliphatic rings. The standard InChI is InChI=1S/C19H26ClNO4S/c20-16-7-9-17(10-8-16)26(24,25)21-15-14-19(12-4-5-13-19)11-3-1-2-6-18(22)23/h1,3,7-10,21H,2,4-6,11-15H2,(H,22,23). The molecule has 144 valence electrons. The van der Waals surface area contributed by atoms with Gasteiger partial charge in [-0.05, 0) is 61.8 Å². The van der Waals surface area contributed by atoms with Gasteiger partial charge in [-0.2, -0.15) is 0 Å². The molecule has 1 saturated carbocycles. The highest BCUT2D eigenvalue weighted by molar-refractivity contribution is 7.89. The normalized spacial score (nSPS) is 17.0. The number of sulfonamides is 1. The third-order valence-electron chi connectivity index (χ3n) is 4.98. The van der Waals surface area contributed by atoms with Crippen LogP contribution in [0, 0.1) is 5.41 Å². The number of nitrogens with one attached hydrogen (secondary N) is 1. The third-order valence-corrected chi connectivity index (χ3v) is 6.71. The fraction of sp³-hybridized carbons (Fsp3) is 0.526.